The van der Waals surface area contributed by atoms with E-state index in [1.807, 2.05) is 22.7 Å². The highest BCUT2D eigenvalue weighted by Crippen LogP contribution is 2.35. The van der Waals surface area contributed by atoms with Crippen molar-refractivity contribution in [1.29, 1.82) is 0 Å². The lowest BCUT2D eigenvalue weighted by atomic mass is 9.98. The lowest BCUT2D eigenvalue weighted by Gasteiger charge is -2.07. The Morgan fingerprint density at radius 1 is 0.310 bits per heavy atom. The maximum absolute atomic E-state index is 2.40. The number of rotatable bonds is 7. The van der Waals surface area contributed by atoms with Crippen LogP contribution in [0.1, 0.15) is 22.3 Å². The molecule has 202 valence electrons. The zero-order chi connectivity index (χ0) is 27.9. The molecule has 0 N–H and O–H groups in total. The Kier molecular flexibility index (Phi) is 6.59. The summed E-state index contributed by atoms with van der Waals surface area (Å²) in [5, 5.41) is 5.54. The van der Waals surface area contributed by atoms with Gasteiger partial charge < -0.3 is 0 Å². The van der Waals surface area contributed by atoms with Crippen molar-refractivity contribution in [2.45, 2.75) is 25.7 Å². The molecule has 8 aromatic rings. The molecule has 0 nitrogen and oxygen atoms in total. The normalized spacial score (nSPS) is 11.7. The molecule has 2 aromatic heterocycles. The van der Waals surface area contributed by atoms with E-state index in [2.05, 4.69) is 133 Å². The molecule has 0 amide bonds. The summed E-state index contributed by atoms with van der Waals surface area (Å²) in [5.74, 6) is 0. The van der Waals surface area contributed by atoms with Crippen molar-refractivity contribution in [3.8, 4) is 11.1 Å². The van der Waals surface area contributed by atoms with E-state index in [-0.39, 0.29) is 0 Å². The van der Waals surface area contributed by atoms with Gasteiger partial charge in [0.05, 0.1) is 0 Å². The van der Waals surface area contributed by atoms with Crippen molar-refractivity contribution in [1.82, 2.24) is 0 Å². The molecular weight excluding hydrogens is 545 g/mol. The van der Waals surface area contributed by atoms with Crippen LogP contribution >= 0.6 is 22.7 Å². The molecule has 0 aliphatic heterocycles. The monoisotopic (exact) mass is 574 g/mol. The van der Waals surface area contributed by atoms with E-state index in [0.29, 0.717) is 0 Å². The summed E-state index contributed by atoms with van der Waals surface area (Å²) in [6, 6.07) is 49.8. The van der Waals surface area contributed by atoms with Gasteiger partial charge in [-0.2, -0.15) is 0 Å². The molecule has 8 rings (SSSR count). The van der Waals surface area contributed by atoms with Crippen LogP contribution in [0.2, 0.25) is 0 Å². The van der Waals surface area contributed by atoms with E-state index in [1.165, 1.54) is 73.7 Å². The average molecular weight is 575 g/mol. The third kappa shape index (κ3) is 4.91. The van der Waals surface area contributed by atoms with Crippen LogP contribution in [0.25, 0.3) is 51.5 Å². The summed E-state index contributed by atoms with van der Waals surface area (Å²) in [4.78, 5) is 0. The van der Waals surface area contributed by atoms with Crippen molar-refractivity contribution < 1.29 is 0 Å². The van der Waals surface area contributed by atoms with Gasteiger partial charge >= 0.3 is 0 Å². The van der Waals surface area contributed by atoms with Crippen molar-refractivity contribution in [3.05, 3.63) is 156 Å². The van der Waals surface area contributed by atoms with E-state index in [9.17, 15) is 0 Å². The molecule has 0 fully saturated rings. The third-order valence-electron chi connectivity index (χ3n) is 8.53. The van der Waals surface area contributed by atoms with Crippen LogP contribution in [-0.4, -0.2) is 0 Å². The van der Waals surface area contributed by atoms with Gasteiger partial charge in [0.15, 0.2) is 0 Å². The Morgan fingerprint density at radius 2 is 0.667 bits per heavy atom. The highest BCUT2D eigenvalue weighted by Gasteiger charge is 2.08. The summed E-state index contributed by atoms with van der Waals surface area (Å²) in [5.41, 5.74) is 8.17. The molecule has 2 heterocycles. The van der Waals surface area contributed by atoms with Crippen LogP contribution in [-0.2, 0) is 25.7 Å². The van der Waals surface area contributed by atoms with Gasteiger partial charge in [0.1, 0.15) is 0 Å². The first-order valence-electron chi connectivity index (χ1n) is 14.8. The molecule has 0 aliphatic carbocycles. The topological polar surface area (TPSA) is 0 Å². The molecule has 6 aromatic carbocycles. The maximum atomic E-state index is 2.40. The molecule has 0 unspecified atom stereocenters. The maximum Gasteiger partial charge on any atom is 0.0355 e. The predicted molar refractivity (Wildman–Crippen MR) is 185 cm³/mol. The Balaban J connectivity index is 0.911. The van der Waals surface area contributed by atoms with Gasteiger partial charge in [-0.3, -0.25) is 0 Å². The van der Waals surface area contributed by atoms with Gasteiger partial charge in [-0.15, -0.1) is 22.7 Å². The number of aryl methyl sites for hydroxylation is 4. The molecule has 0 bridgehead atoms. The number of hydrogen-bond donors (Lipinski definition) is 0. The molecule has 0 spiro atoms. The molecule has 2 heteroatoms. The van der Waals surface area contributed by atoms with E-state index >= 15 is 0 Å². The number of thiophene rings is 2. The fraction of sp³-hybridized carbons (Fsp3) is 0.100. The van der Waals surface area contributed by atoms with E-state index in [0.717, 1.165) is 25.7 Å². The second-order valence-electron chi connectivity index (χ2n) is 11.3. The second kappa shape index (κ2) is 10.9. The fourth-order valence-corrected chi connectivity index (χ4v) is 8.34. The summed E-state index contributed by atoms with van der Waals surface area (Å²) in [6.07, 6.45) is 4.23. The van der Waals surface area contributed by atoms with Gasteiger partial charge in [-0.1, -0.05) is 97.1 Å². The van der Waals surface area contributed by atoms with E-state index in [4.69, 9.17) is 0 Å². The summed E-state index contributed by atoms with van der Waals surface area (Å²) < 4.78 is 5.50. The number of fused-ring (bicyclic) bond motifs is 6. The van der Waals surface area contributed by atoms with Gasteiger partial charge in [0.25, 0.3) is 0 Å². The van der Waals surface area contributed by atoms with Crippen molar-refractivity contribution >= 4 is 63.0 Å². The lowest BCUT2D eigenvalue weighted by molar-refractivity contribution is 0.962. The van der Waals surface area contributed by atoms with Gasteiger partial charge in [0.2, 0.25) is 0 Å². The molecule has 0 saturated heterocycles. The standard InChI is InChI=1S/C40H30S2/c1-3-7-37-33(5-1)35-25-29(17-23-39(35)41-37)11-9-27-13-19-31(20-14-27)32-21-15-28(16-22-32)10-12-30-18-24-40-36(26-30)34-6-2-4-8-38(34)42-40/h1-8,13-26H,9-12H2. The Morgan fingerprint density at radius 3 is 1.12 bits per heavy atom. The Labute approximate surface area is 254 Å². The van der Waals surface area contributed by atoms with E-state index in [1.54, 1.807) is 0 Å². The average Bonchev–Trinajstić information content (AvgIpc) is 3.61. The molecule has 0 saturated carbocycles. The van der Waals surface area contributed by atoms with Gasteiger partial charge in [0, 0.05) is 40.3 Å². The number of benzene rings is 6. The van der Waals surface area contributed by atoms with Crippen LogP contribution < -0.4 is 0 Å². The number of hydrogen-bond acceptors (Lipinski definition) is 2. The zero-order valence-electron chi connectivity index (χ0n) is 23.3. The van der Waals surface area contributed by atoms with Gasteiger partial charge in [-0.25, -0.2) is 0 Å². The van der Waals surface area contributed by atoms with Crippen molar-refractivity contribution in [3.63, 3.8) is 0 Å². The minimum Gasteiger partial charge on any atom is -0.135 e. The second-order valence-corrected chi connectivity index (χ2v) is 13.4. The minimum atomic E-state index is 1.06. The third-order valence-corrected chi connectivity index (χ3v) is 10.8. The molecular formula is C40H30S2. The van der Waals surface area contributed by atoms with Gasteiger partial charge in [-0.05, 0) is 95.5 Å². The van der Waals surface area contributed by atoms with Crippen LogP contribution in [0, 0.1) is 0 Å². The highest BCUT2D eigenvalue weighted by atomic mass is 32.1. The summed E-state index contributed by atoms with van der Waals surface area (Å²) in [7, 11) is 0. The molecule has 0 radical (unpaired) electrons. The Hall–Kier alpha value is -4.24. The fourth-order valence-electron chi connectivity index (χ4n) is 6.16. The predicted octanol–water partition coefficient (Wildman–Crippen LogP) is 11.7. The highest BCUT2D eigenvalue weighted by molar-refractivity contribution is 7.26. The zero-order valence-corrected chi connectivity index (χ0v) is 25.0. The first-order chi connectivity index (χ1) is 20.8. The SMILES string of the molecule is c1ccc2c(c1)sc1ccc(CCc3ccc(-c4ccc(CCc5ccc6sc7ccccc7c6c5)cc4)cc3)cc12. The van der Waals surface area contributed by atoms with Crippen molar-refractivity contribution in [2.24, 2.45) is 0 Å². The summed E-state index contributed by atoms with van der Waals surface area (Å²) in [6.45, 7) is 0. The van der Waals surface area contributed by atoms with Crippen LogP contribution in [0.3, 0.4) is 0 Å². The largest absolute Gasteiger partial charge is 0.135 e. The first-order valence-corrected chi connectivity index (χ1v) is 16.4. The molecule has 42 heavy (non-hydrogen) atoms. The van der Waals surface area contributed by atoms with Crippen LogP contribution in [0.15, 0.2) is 133 Å². The Bertz CT molecular complexity index is 2020. The molecule has 0 atom stereocenters. The van der Waals surface area contributed by atoms with E-state index < -0.39 is 0 Å². The van der Waals surface area contributed by atoms with Crippen molar-refractivity contribution in [2.75, 3.05) is 0 Å². The minimum absolute atomic E-state index is 1.06. The quantitative estimate of drug-likeness (QED) is 0.178. The van der Waals surface area contributed by atoms with Crippen LogP contribution in [0.4, 0.5) is 0 Å². The lowest BCUT2D eigenvalue weighted by Crippen LogP contribution is -1.92. The smallest absolute Gasteiger partial charge is 0.0355 e. The first kappa shape index (κ1) is 25.5. The molecule has 0 aliphatic rings. The summed E-state index contributed by atoms with van der Waals surface area (Å²) >= 11 is 3.78. The van der Waals surface area contributed by atoms with Crippen LogP contribution in [0.5, 0.6) is 0 Å².